The summed E-state index contributed by atoms with van der Waals surface area (Å²) in [5.74, 6) is 0. The Morgan fingerprint density at radius 2 is 1.88 bits per heavy atom. The molecule has 0 N–H and O–H groups in total. The molecule has 2 heteroatoms. The summed E-state index contributed by atoms with van der Waals surface area (Å²) in [6.45, 7) is 0. The van der Waals surface area contributed by atoms with E-state index in [4.69, 9.17) is 11.6 Å². The maximum atomic E-state index is 5.93. The van der Waals surface area contributed by atoms with Gasteiger partial charge >= 0.3 is 0 Å². The van der Waals surface area contributed by atoms with Gasteiger partial charge in [-0.1, -0.05) is 57.9 Å². The van der Waals surface area contributed by atoms with Gasteiger partial charge in [-0.2, -0.15) is 0 Å². The zero-order valence-electron chi connectivity index (χ0n) is 8.66. The lowest BCUT2D eigenvalue weighted by molar-refractivity contribution is 1.16. The Bertz CT molecular complexity index is 480. The summed E-state index contributed by atoms with van der Waals surface area (Å²) in [4.78, 5) is 0. The minimum Gasteiger partial charge on any atom is -0.0843 e. The quantitative estimate of drug-likeness (QED) is 0.755. The normalized spacial score (nSPS) is 10.4. The van der Waals surface area contributed by atoms with Crippen molar-refractivity contribution in [3.05, 3.63) is 75.6 Å². The Balaban J connectivity index is 2.05. The van der Waals surface area contributed by atoms with Crippen molar-refractivity contribution in [3.8, 4) is 0 Å². The highest BCUT2D eigenvalue weighted by atomic mass is 79.9. The van der Waals surface area contributed by atoms with E-state index in [1.165, 1.54) is 11.1 Å². The molecular weight excluding hydrogens is 284 g/mol. The van der Waals surface area contributed by atoms with Crippen LogP contribution in [0, 0.1) is 6.42 Å². The molecule has 2 aromatic carbocycles. The number of halogens is 2. The van der Waals surface area contributed by atoms with E-state index in [1.807, 2.05) is 36.4 Å². The largest absolute Gasteiger partial charge is 0.0843 e. The van der Waals surface area contributed by atoms with E-state index in [1.54, 1.807) is 0 Å². The molecule has 0 fully saturated rings. The van der Waals surface area contributed by atoms with Gasteiger partial charge in [-0.15, -0.1) is 0 Å². The van der Waals surface area contributed by atoms with Crippen molar-refractivity contribution in [1.82, 2.24) is 0 Å². The van der Waals surface area contributed by atoms with Gasteiger partial charge in [0.05, 0.1) is 0 Å². The topological polar surface area (TPSA) is 0 Å². The first-order valence-electron chi connectivity index (χ1n) is 5.08. The van der Waals surface area contributed by atoms with E-state index in [-0.39, 0.29) is 0 Å². The van der Waals surface area contributed by atoms with Gasteiger partial charge in [0.25, 0.3) is 0 Å². The molecule has 0 unspecified atom stereocenters. The second kappa shape index (κ2) is 5.51. The Hall–Kier alpha value is -0.790. The Kier molecular flexibility index (Phi) is 4.03. The lowest BCUT2D eigenvalue weighted by Crippen LogP contribution is -1.89. The fraction of sp³-hybridized carbons (Fsp3) is 0.0714. The molecule has 2 aromatic rings. The lowest BCUT2D eigenvalue weighted by atomic mass is 10.0. The maximum Gasteiger partial charge on any atom is 0.0408 e. The molecule has 0 heterocycles. The molecule has 0 saturated carbocycles. The minimum absolute atomic E-state index is 0.790. The molecule has 0 aliphatic rings. The van der Waals surface area contributed by atoms with Gasteiger partial charge in [-0.05, 0) is 42.2 Å². The summed E-state index contributed by atoms with van der Waals surface area (Å²) in [5, 5.41) is 0.790. The second-order valence-corrected chi connectivity index (χ2v) is 4.85. The third-order valence-corrected chi connectivity index (χ3v) is 3.31. The van der Waals surface area contributed by atoms with Gasteiger partial charge in [-0.3, -0.25) is 0 Å². The van der Waals surface area contributed by atoms with Crippen LogP contribution in [0.25, 0.3) is 0 Å². The lowest BCUT2D eigenvalue weighted by Gasteiger charge is -2.04. The van der Waals surface area contributed by atoms with Crippen LogP contribution in [0.3, 0.4) is 0 Å². The maximum absolute atomic E-state index is 5.93. The van der Waals surface area contributed by atoms with Gasteiger partial charge in [0, 0.05) is 9.50 Å². The number of rotatable bonds is 3. The first-order valence-corrected chi connectivity index (χ1v) is 6.25. The van der Waals surface area contributed by atoms with Crippen LogP contribution in [0.4, 0.5) is 0 Å². The van der Waals surface area contributed by atoms with E-state index < -0.39 is 0 Å². The summed E-state index contributed by atoms with van der Waals surface area (Å²) in [7, 11) is 0. The minimum atomic E-state index is 0.790. The van der Waals surface area contributed by atoms with Crippen molar-refractivity contribution < 1.29 is 0 Å². The number of hydrogen-bond donors (Lipinski definition) is 0. The summed E-state index contributed by atoms with van der Waals surface area (Å²) in [5.41, 5.74) is 2.44. The molecule has 0 saturated heterocycles. The second-order valence-electron chi connectivity index (χ2n) is 3.56. The van der Waals surface area contributed by atoms with Crippen molar-refractivity contribution >= 4 is 27.5 Å². The molecule has 2 rings (SSSR count). The van der Waals surface area contributed by atoms with Gasteiger partial charge in [0.1, 0.15) is 0 Å². The first-order chi connectivity index (χ1) is 7.75. The van der Waals surface area contributed by atoms with Crippen LogP contribution in [0.1, 0.15) is 11.1 Å². The van der Waals surface area contributed by atoms with Crippen molar-refractivity contribution in [2.75, 3.05) is 0 Å². The molecule has 0 spiro atoms. The van der Waals surface area contributed by atoms with E-state index in [0.717, 1.165) is 15.9 Å². The predicted molar refractivity (Wildman–Crippen MR) is 72.7 cm³/mol. The number of hydrogen-bond acceptors (Lipinski definition) is 0. The van der Waals surface area contributed by atoms with Gasteiger partial charge < -0.3 is 0 Å². The van der Waals surface area contributed by atoms with E-state index in [9.17, 15) is 0 Å². The smallest absolute Gasteiger partial charge is 0.0408 e. The van der Waals surface area contributed by atoms with Crippen LogP contribution in [-0.4, -0.2) is 0 Å². The SMILES string of the molecule is Clc1cccc(C[CH]c2ccccc2Br)c1. The van der Waals surface area contributed by atoms with Gasteiger partial charge in [0.15, 0.2) is 0 Å². The van der Waals surface area contributed by atoms with E-state index >= 15 is 0 Å². The average Bonchev–Trinajstić information content (AvgIpc) is 2.28. The standard InChI is InChI=1S/C14H11BrCl/c15-14-7-2-1-5-12(14)9-8-11-4-3-6-13(16)10-11/h1-7,9-10H,8H2. The van der Waals surface area contributed by atoms with Gasteiger partial charge in [0.2, 0.25) is 0 Å². The van der Waals surface area contributed by atoms with Crippen molar-refractivity contribution in [2.45, 2.75) is 6.42 Å². The van der Waals surface area contributed by atoms with Crippen LogP contribution >= 0.6 is 27.5 Å². The van der Waals surface area contributed by atoms with Crippen LogP contribution in [0.5, 0.6) is 0 Å². The van der Waals surface area contributed by atoms with Crippen molar-refractivity contribution in [2.24, 2.45) is 0 Å². The van der Waals surface area contributed by atoms with Crippen molar-refractivity contribution in [1.29, 1.82) is 0 Å². The summed E-state index contributed by atoms with van der Waals surface area (Å²) in [6.07, 6.45) is 3.08. The summed E-state index contributed by atoms with van der Waals surface area (Å²) >= 11 is 9.46. The average molecular weight is 295 g/mol. The molecular formula is C14H11BrCl. The van der Waals surface area contributed by atoms with Gasteiger partial charge in [-0.25, -0.2) is 0 Å². The molecule has 0 aromatic heterocycles. The summed E-state index contributed by atoms with van der Waals surface area (Å²) in [6, 6.07) is 16.1. The highest BCUT2D eigenvalue weighted by Gasteiger charge is 2.00. The molecule has 16 heavy (non-hydrogen) atoms. The molecule has 0 nitrogen and oxygen atoms in total. The molecule has 0 bridgehead atoms. The highest BCUT2D eigenvalue weighted by molar-refractivity contribution is 9.10. The van der Waals surface area contributed by atoms with Crippen LogP contribution < -0.4 is 0 Å². The van der Waals surface area contributed by atoms with Crippen LogP contribution in [0.15, 0.2) is 53.0 Å². The Labute approximate surface area is 109 Å². The monoisotopic (exact) mass is 293 g/mol. The third kappa shape index (κ3) is 3.10. The van der Waals surface area contributed by atoms with Crippen LogP contribution in [0.2, 0.25) is 5.02 Å². The Morgan fingerprint density at radius 3 is 2.62 bits per heavy atom. The highest BCUT2D eigenvalue weighted by Crippen LogP contribution is 2.20. The first kappa shape index (κ1) is 11.7. The molecule has 0 aliphatic heterocycles. The molecule has 1 radical (unpaired) electrons. The number of benzene rings is 2. The Morgan fingerprint density at radius 1 is 1.06 bits per heavy atom. The third-order valence-electron chi connectivity index (χ3n) is 2.35. The zero-order valence-corrected chi connectivity index (χ0v) is 11.0. The molecule has 81 valence electrons. The predicted octanol–water partition coefficient (Wildman–Crippen LogP) is 4.90. The van der Waals surface area contributed by atoms with E-state index in [0.29, 0.717) is 0 Å². The molecule has 0 aliphatic carbocycles. The summed E-state index contributed by atoms with van der Waals surface area (Å²) < 4.78 is 1.12. The molecule has 0 atom stereocenters. The van der Waals surface area contributed by atoms with E-state index in [2.05, 4.69) is 34.5 Å². The molecule has 0 amide bonds. The van der Waals surface area contributed by atoms with Crippen molar-refractivity contribution in [3.63, 3.8) is 0 Å². The zero-order chi connectivity index (χ0) is 11.4. The van der Waals surface area contributed by atoms with Crippen LogP contribution in [-0.2, 0) is 6.42 Å². The fourth-order valence-corrected chi connectivity index (χ4v) is 2.19. The fourth-order valence-electron chi connectivity index (χ4n) is 1.53.